The number of aliphatic hydroxyl groups is 1. The third-order valence-electron chi connectivity index (χ3n) is 2.86. The molecule has 1 saturated heterocycles. The molecule has 1 saturated carbocycles. The number of aliphatic hydroxyl groups excluding tert-OH is 1. The van der Waals surface area contributed by atoms with Crippen molar-refractivity contribution in [3.8, 4) is 0 Å². The first kappa shape index (κ1) is 12.0. The fourth-order valence-corrected chi connectivity index (χ4v) is 2.32. The Hall–Kier alpha value is -0.120. The number of hydrogen-bond acceptors (Lipinski definition) is 3. The van der Waals surface area contributed by atoms with Crippen molar-refractivity contribution in [1.82, 2.24) is 0 Å². The molecule has 1 heterocycles. The summed E-state index contributed by atoms with van der Waals surface area (Å²) < 4.78 is 11.6. The molecular weight excluding hydrogens is 180 g/mol. The van der Waals surface area contributed by atoms with Crippen molar-refractivity contribution in [2.24, 2.45) is 5.92 Å². The maximum absolute atomic E-state index is 7.00. The highest BCUT2D eigenvalue weighted by molar-refractivity contribution is 4.86. The van der Waals surface area contributed by atoms with Gasteiger partial charge >= 0.3 is 0 Å². The van der Waals surface area contributed by atoms with Crippen molar-refractivity contribution < 1.29 is 14.6 Å². The van der Waals surface area contributed by atoms with Gasteiger partial charge in [-0.1, -0.05) is 6.92 Å². The van der Waals surface area contributed by atoms with Crippen LogP contribution in [0.5, 0.6) is 0 Å². The molecule has 0 aromatic heterocycles. The first-order chi connectivity index (χ1) is 6.57. The van der Waals surface area contributed by atoms with Crippen LogP contribution >= 0.6 is 0 Å². The third-order valence-corrected chi connectivity index (χ3v) is 2.86. The van der Waals surface area contributed by atoms with E-state index in [2.05, 4.69) is 6.92 Å². The van der Waals surface area contributed by atoms with E-state index in [1.165, 1.54) is 19.3 Å². The largest absolute Gasteiger partial charge is 0.400 e. The molecule has 3 unspecified atom stereocenters. The normalized spacial score (nSPS) is 39.6. The minimum atomic E-state index is -0.334. The molecule has 1 aliphatic carbocycles. The highest BCUT2D eigenvalue weighted by Gasteiger charge is 2.43. The highest BCUT2D eigenvalue weighted by atomic mass is 16.7. The van der Waals surface area contributed by atoms with Crippen LogP contribution in [0.4, 0.5) is 0 Å². The summed E-state index contributed by atoms with van der Waals surface area (Å²) in [7, 11) is 1.00. The van der Waals surface area contributed by atoms with E-state index in [1.807, 2.05) is 13.8 Å². The number of rotatable bonds is 0. The number of hydrogen-bond donors (Lipinski definition) is 1. The van der Waals surface area contributed by atoms with Gasteiger partial charge in [-0.25, -0.2) is 0 Å². The molecule has 0 bridgehead atoms. The van der Waals surface area contributed by atoms with Crippen molar-refractivity contribution >= 4 is 0 Å². The van der Waals surface area contributed by atoms with Gasteiger partial charge in [-0.2, -0.15) is 0 Å². The first-order valence-corrected chi connectivity index (χ1v) is 5.37. The van der Waals surface area contributed by atoms with Crippen LogP contribution in [0.3, 0.4) is 0 Å². The predicted octanol–water partition coefficient (Wildman–Crippen LogP) is 1.94. The van der Waals surface area contributed by atoms with E-state index in [0.29, 0.717) is 12.2 Å². The number of fused-ring (bicyclic) bond motifs is 1. The van der Waals surface area contributed by atoms with E-state index in [9.17, 15) is 0 Å². The second kappa shape index (κ2) is 4.60. The Kier molecular flexibility index (Phi) is 3.93. The van der Waals surface area contributed by atoms with Gasteiger partial charge < -0.3 is 14.6 Å². The third kappa shape index (κ3) is 2.69. The van der Waals surface area contributed by atoms with Crippen molar-refractivity contribution in [1.29, 1.82) is 0 Å². The van der Waals surface area contributed by atoms with Crippen molar-refractivity contribution in [2.45, 2.75) is 58.0 Å². The summed E-state index contributed by atoms with van der Waals surface area (Å²) in [5.41, 5.74) is 0. The maximum Gasteiger partial charge on any atom is 0.163 e. The second-order valence-corrected chi connectivity index (χ2v) is 4.63. The summed E-state index contributed by atoms with van der Waals surface area (Å²) in [6, 6.07) is 0. The Balaban J connectivity index is 0.000000461. The summed E-state index contributed by atoms with van der Waals surface area (Å²) in [6.07, 6.45) is 4.38. The van der Waals surface area contributed by atoms with Crippen LogP contribution in [-0.2, 0) is 9.47 Å². The van der Waals surface area contributed by atoms with E-state index in [0.717, 1.165) is 13.0 Å². The van der Waals surface area contributed by atoms with Gasteiger partial charge in [-0.05, 0) is 39.0 Å². The van der Waals surface area contributed by atoms with Crippen LogP contribution in [0.1, 0.15) is 40.0 Å². The van der Waals surface area contributed by atoms with E-state index in [-0.39, 0.29) is 5.79 Å². The van der Waals surface area contributed by atoms with Crippen LogP contribution in [0, 0.1) is 5.92 Å². The molecular formula is C11H22O3. The van der Waals surface area contributed by atoms with Crippen LogP contribution < -0.4 is 0 Å². The van der Waals surface area contributed by atoms with E-state index in [1.54, 1.807) is 0 Å². The summed E-state index contributed by atoms with van der Waals surface area (Å²) in [5, 5.41) is 7.00. The van der Waals surface area contributed by atoms with Gasteiger partial charge in [0.05, 0.1) is 12.2 Å². The molecule has 3 atom stereocenters. The Morgan fingerprint density at radius 2 is 1.64 bits per heavy atom. The van der Waals surface area contributed by atoms with E-state index < -0.39 is 0 Å². The Morgan fingerprint density at radius 3 is 2.29 bits per heavy atom. The Morgan fingerprint density at radius 1 is 1.07 bits per heavy atom. The maximum atomic E-state index is 7.00. The van der Waals surface area contributed by atoms with Crippen LogP contribution in [0.2, 0.25) is 0 Å². The average Bonchev–Trinajstić information content (AvgIpc) is 2.41. The lowest BCUT2D eigenvalue weighted by molar-refractivity contribution is -0.145. The molecule has 0 spiro atoms. The summed E-state index contributed by atoms with van der Waals surface area (Å²) in [6.45, 7) is 6.32. The Bertz CT molecular complexity index is 179. The summed E-state index contributed by atoms with van der Waals surface area (Å²) in [4.78, 5) is 0. The second-order valence-electron chi connectivity index (χ2n) is 4.63. The van der Waals surface area contributed by atoms with Crippen molar-refractivity contribution in [3.05, 3.63) is 0 Å². The molecule has 2 rings (SSSR count). The smallest absolute Gasteiger partial charge is 0.163 e. The lowest BCUT2D eigenvalue weighted by Crippen LogP contribution is -2.29. The summed E-state index contributed by atoms with van der Waals surface area (Å²) >= 11 is 0. The molecule has 14 heavy (non-hydrogen) atoms. The fourth-order valence-electron chi connectivity index (χ4n) is 2.32. The molecule has 3 heteroatoms. The Labute approximate surface area is 86.4 Å². The monoisotopic (exact) mass is 202 g/mol. The fraction of sp³-hybridized carbons (Fsp3) is 1.00. The van der Waals surface area contributed by atoms with Crippen LogP contribution in [0.25, 0.3) is 0 Å². The molecule has 2 fully saturated rings. The highest BCUT2D eigenvalue weighted by Crippen LogP contribution is 2.38. The van der Waals surface area contributed by atoms with Gasteiger partial charge in [0.25, 0.3) is 0 Å². The zero-order valence-electron chi connectivity index (χ0n) is 9.62. The minimum Gasteiger partial charge on any atom is -0.400 e. The molecule has 1 aliphatic heterocycles. The first-order valence-electron chi connectivity index (χ1n) is 5.37. The van der Waals surface area contributed by atoms with Gasteiger partial charge in [-0.3, -0.25) is 0 Å². The van der Waals surface area contributed by atoms with Gasteiger partial charge in [0.15, 0.2) is 5.79 Å². The molecule has 3 nitrogen and oxygen atoms in total. The van der Waals surface area contributed by atoms with Crippen LogP contribution in [-0.4, -0.2) is 30.2 Å². The van der Waals surface area contributed by atoms with Crippen LogP contribution in [0.15, 0.2) is 0 Å². The molecule has 84 valence electrons. The number of ether oxygens (including phenoxy) is 2. The van der Waals surface area contributed by atoms with Gasteiger partial charge in [0.2, 0.25) is 0 Å². The van der Waals surface area contributed by atoms with E-state index in [4.69, 9.17) is 14.6 Å². The zero-order chi connectivity index (χ0) is 10.8. The lowest BCUT2D eigenvalue weighted by Gasteiger charge is -2.26. The van der Waals surface area contributed by atoms with Crippen molar-refractivity contribution in [2.75, 3.05) is 7.11 Å². The standard InChI is InChI=1S/C10H18O2.CH4O/c1-7-4-5-8-9(6-7)12-10(2,3)11-8;1-2/h7-9H,4-6H2,1-3H3;2H,1H3. The zero-order valence-corrected chi connectivity index (χ0v) is 9.62. The SMILES string of the molecule is CC1CCC2OC(C)(C)OC2C1.CO. The topological polar surface area (TPSA) is 38.7 Å². The lowest BCUT2D eigenvalue weighted by atomic mass is 9.87. The molecule has 0 radical (unpaired) electrons. The quantitative estimate of drug-likeness (QED) is 0.652. The molecule has 0 amide bonds. The molecule has 1 N–H and O–H groups in total. The van der Waals surface area contributed by atoms with Gasteiger partial charge in [-0.15, -0.1) is 0 Å². The molecule has 0 aromatic rings. The minimum absolute atomic E-state index is 0.334. The van der Waals surface area contributed by atoms with Gasteiger partial charge in [0.1, 0.15) is 0 Å². The predicted molar refractivity (Wildman–Crippen MR) is 55.0 cm³/mol. The van der Waals surface area contributed by atoms with Gasteiger partial charge in [0, 0.05) is 7.11 Å². The van der Waals surface area contributed by atoms with Crippen molar-refractivity contribution in [3.63, 3.8) is 0 Å². The van der Waals surface area contributed by atoms with E-state index >= 15 is 0 Å². The average molecular weight is 202 g/mol. The molecule has 2 aliphatic rings. The molecule has 0 aromatic carbocycles. The summed E-state index contributed by atoms with van der Waals surface area (Å²) in [5.74, 6) is 0.475.